The van der Waals surface area contributed by atoms with Crippen molar-refractivity contribution in [1.82, 2.24) is 4.98 Å². The summed E-state index contributed by atoms with van der Waals surface area (Å²) in [6.45, 7) is 0. The summed E-state index contributed by atoms with van der Waals surface area (Å²) in [4.78, 5) is 15.0. The lowest BCUT2D eigenvalue weighted by Crippen LogP contribution is -2.10. The van der Waals surface area contributed by atoms with Crippen molar-refractivity contribution in [2.24, 2.45) is 0 Å². The number of carbonyl (C=O) groups is 1. The van der Waals surface area contributed by atoms with Crippen molar-refractivity contribution < 1.29 is 23.2 Å². The number of aromatic nitrogens is 1. The Morgan fingerprint density at radius 3 is 2.67 bits per heavy atom. The molecule has 10 heteroatoms. The molecule has 0 radical (unpaired) electrons. The highest BCUT2D eigenvalue weighted by Crippen LogP contribution is 2.36. The van der Waals surface area contributed by atoms with Crippen molar-refractivity contribution in [1.29, 1.82) is 0 Å². The van der Waals surface area contributed by atoms with E-state index in [1.807, 2.05) is 0 Å². The molecule has 0 aliphatic heterocycles. The number of pyridine rings is 1. The monoisotopic (exact) mass is 392 g/mol. The van der Waals surface area contributed by atoms with Gasteiger partial charge in [-0.05, 0) is 29.4 Å². The predicted molar refractivity (Wildman–Crippen MR) is 89.4 cm³/mol. The third-order valence-corrected chi connectivity index (χ3v) is 4.70. The van der Waals surface area contributed by atoms with E-state index in [9.17, 15) is 13.7 Å². The normalized spacial score (nSPS) is 11.9. The number of benzene rings is 1. The van der Waals surface area contributed by atoms with Gasteiger partial charge in [-0.3, -0.25) is 0 Å². The first kappa shape index (κ1) is 18.6. The van der Waals surface area contributed by atoms with Crippen molar-refractivity contribution in [3.8, 4) is 17.1 Å². The molecular weight excluding hydrogens is 382 g/mol. The predicted octanol–water partition coefficient (Wildman–Crippen LogP) is 3.66. The molecule has 0 fully saturated rings. The van der Waals surface area contributed by atoms with E-state index in [-0.39, 0.29) is 37.8 Å². The van der Waals surface area contributed by atoms with E-state index in [4.69, 9.17) is 33.7 Å². The Morgan fingerprint density at radius 1 is 1.42 bits per heavy atom. The molecule has 1 heterocycles. The Bertz CT molecular complexity index is 805. The number of ether oxygens (including phenoxy) is 2. The van der Waals surface area contributed by atoms with Crippen LogP contribution in [0.25, 0.3) is 11.3 Å². The first-order valence-corrected chi connectivity index (χ1v) is 8.61. The molecule has 0 saturated carbocycles. The fraction of sp³-hybridized carbons (Fsp3) is 0.143. The number of nitrogen functional groups attached to an aromatic ring is 1. The summed E-state index contributed by atoms with van der Waals surface area (Å²) >= 11 is 10.1. The van der Waals surface area contributed by atoms with Gasteiger partial charge in [-0.15, -0.1) is 0 Å². The minimum absolute atomic E-state index is 0.00842. The van der Waals surface area contributed by atoms with Gasteiger partial charge in [0.1, 0.15) is 11.3 Å². The molecule has 1 atom stereocenters. The number of halogens is 3. The standard InChI is InChI=1S/C14H11Cl2FN2O4S/c1-22-14(20)23-13-10(16)8(18)5-9(19-13)6-3-4-7(15)12(11(6)17)24(2)21/h3-5H,1-2H3,(H2,18,19). The molecule has 0 aliphatic carbocycles. The van der Waals surface area contributed by atoms with Crippen LogP contribution in [0.3, 0.4) is 0 Å². The van der Waals surface area contributed by atoms with E-state index < -0.39 is 23.1 Å². The molecule has 1 unspecified atom stereocenters. The third kappa shape index (κ3) is 3.67. The topological polar surface area (TPSA) is 97.5 Å². The van der Waals surface area contributed by atoms with Gasteiger partial charge in [0.15, 0.2) is 5.82 Å². The van der Waals surface area contributed by atoms with Gasteiger partial charge >= 0.3 is 6.16 Å². The fourth-order valence-corrected chi connectivity index (χ4v) is 3.16. The van der Waals surface area contributed by atoms with Crippen LogP contribution in [0.4, 0.5) is 14.9 Å². The number of nitrogens with two attached hydrogens (primary N) is 1. The maximum atomic E-state index is 14.6. The van der Waals surface area contributed by atoms with Crippen LogP contribution in [-0.4, -0.2) is 29.1 Å². The Morgan fingerprint density at radius 2 is 2.08 bits per heavy atom. The molecule has 0 saturated heterocycles. The smallest absolute Gasteiger partial charge is 0.514 e. The van der Waals surface area contributed by atoms with Gasteiger partial charge in [-0.1, -0.05) is 23.2 Å². The first-order chi connectivity index (χ1) is 11.3. The number of hydrogen-bond donors (Lipinski definition) is 1. The summed E-state index contributed by atoms with van der Waals surface area (Å²) in [5, 5.41) is -0.108. The molecule has 0 spiro atoms. The molecule has 1 aromatic carbocycles. The Kier molecular flexibility index (Phi) is 5.76. The number of carbonyl (C=O) groups excluding carboxylic acids is 1. The Balaban J connectivity index is 2.61. The highest BCUT2D eigenvalue weighted by atomic mass is 35.5. The highest BCUT2D eigenvalue weighted by Gasteiger charge is 2.24. The number of hydrogen-bond acceptors (Lipinski definition) is 6. The summed E-state index contributed by atoms with van der Waals surface area (Å²) in [5.74, 6) is -1.16. The number of anilines is 1. The summed E-state index contributed by atoms with van der Waals surface area (Å²) in [6.07, 6.45) is 0.233. The Hall–Kier alpha value is -1.74. The number of nitrogens with zero attached hydrogens (tertiary/aromatic N) is 1. The SMILES string of the molecule is COC(=O)Oc1nc(-c2ccc(Cl)c([S+](C)[O-])c2F)cc(N)c1Cl. The van der Waals surface area contributed by atoms with E-state index >= 15 is 0 Å². The zero-order valence-electron chi connectivity index (χ0n) is 12.4. The lowest BCUT2D eigenvalue weighted by atomic mass is 10.1. The van der Waals surface area contributed by atoms with E-state index in [1.165, 1.54) is 24.5 Å². The van der Waals surface area contributed by atoms with Gasteiger partial charge in [-0.25, -0.2) is 14.2 Å². The lowest BCUT2D eigenvalue weighted by molar-refractivity contribution is 0.120. The molecule has 2 rings (SSSR count). The quantitative estimate of drug-likeness (QED) is 0.632. The second-order valence-electron chi connectivity index (χ2n) is 4.46. The van der Waals surface area contributed by atoms with Crippen LogP contribution >= 0.6 is 23.2 Å². The molecule has 1 aromatic heterocycles. The van der Waals surface area contributed by atoms with Crippen LogP contribution in [0, 0.1) is 5.82 Å². The second-order valence-corrected chi connectivity index (χ2v) is 6.57. The molecule has 0 amide bonds. The maximum absolute atomic E-state index is 14.6. The molecule has 6 nitrogen and oxygen atoms in total. The van der Waals surface area contributed by atoms with E-state index in [0.717, 1.165) is 7.11 Å². The van der Waals surface area contributed by atoms with Crippen molar-refractivity contribution in [3.05, 3.63) is 34.1 Å². The summed E-state index contributed by atoms with van der Waals surface area (Å²) in [6, 6.07) is 4.01. The number of rotatable bonds is 3. The zero-order valence-corrected chi connectivity index (χ0v) is 14.8. The fourth-order valence-electron chi connectivity index (χ4n) is 1.84. The third-order valence-electron chi connectivity index (χ3n) is 2.91. The van der Waals surface area contributed by atoms with Gasteiger partial charge in [0.05, 0.1) is 23.5 Å². The Labute approximate surface area is 149 Å². The highest BCUT2D eigenvalue weighted by molar-refractivity contribution is 7.90. The minimum Gasteiger partial charge on any atom is -0.612 e. The second kappa shape index (κ2) is 7.43. The largest absolute Gasteiger partial charge is 0.612 e. The molecule has 0 bridgehead atoms. The average Bonchev–Trinajstić information content (AvgIpc) is 2.51. The van der Waals surface area contributed by atoms with Crippen molar-refractivity contribution in [3.63, 3.8) is 0 Å². The van der Waals surface area contributed by atoms with Crippen LogP contribution in [0.2, 0.25) is 10.0 Å². The van der Waals surface area contributed by atoms with Gasteiger partial charge in [0.25, 0.3) is 0 Å². The van der Waals surface area contributed by atoms with Gasteiger partial charge < -0.3 is 19.8 Å². The van der Waals surface area contributed by atoms with E-state index in [0.29, 0.717) is 0 Å². The van der Waals surface area contributed by atoms with Crippen LogP contribution in [0.1, 0.15) is 0 Å². The molecule has 128 valence electrons. The van der Waals surface area contributed by atoms with E-state index in [2.05, 4.69) is 9.72 Å². The number of methoxy groups -OCH3 is 1. The van der Waals surface area contributed by atoms with Crippen molar-refractivity contribution in [2.75, 3.05) is 19.1 Å². The lowest BCUT2D eigenvalue weighted by Gasteiger charge is -2.12. The summed E-state index contributed by atoms with van der Waals surface area (Å²) in [7, 11) is 1.10. The van der Waals surface area contributed by atoms with Crippen molar-refractivity contribution in [2.45, 2.75) is 4.90 Å². The van der Waals surface area contributed by atoms with Gasteiger partial charge in [-0.2, -0.15) is 0 Å². The van der Waals surface area contributed by atoms with Crippen LogP contribution in [0.15, 0.2) is 23.1 Å². The summed E-state index contributed by atoms with van der Waals surface area (Å²) in [5.41, 5.74) is 5.75. The van der Waals surface area contributed by atoms with Crippen LogP contribution in [0.5, 0.6) is 5.88 Å². The van der Waals surface area contributed by atoms with Gasteiger partial charge in [0.2, 0.25) is 10.8 Å². The van der Waals surface area contributed by atoms with Crippen LogP contribution < -0.4 is 10.5 Å². The summed E-state index contributed by atoms with van der Waals surface area (Å²) < 4.78 is 35.5. The first-order valence-electron chi connectivity index (χ1n) is 6.29. The molecule has 2 aromatic rings. The maximum Gasteiger partial charge on any atom is 0.514 e. The molecular formula is C14H11Cl2FN2O4S. The molecule has 24 heavy (non-hydrogen) atoms. The van der Waals surface area contributed by atoms with E-state index in [1.54, 1.807) is 0 Å². The average molecular weight is 393 g/mol. The molecule has 0 aliphatic rings. The van der Waals surface area contributed by atoms with Crippen molar-refractivity contribution >= 4 is 46.2 Å². The van der Waals surface area contributed by atoms with Gasteiger partial charge in [0, 0.05) is 5.56 Å². The molecule has 2 N–H and O–H groups in total. The zero-order chi connectivity index (χ0) is 18.0. The minimum atomic E-state index is -1.66. The van der Waals surface area contributed by atoms with Crippen LogP contribution in [-0.2, 0) is 15.9 Å².